The third-order valence-corrected chi connectivity index (χ3v) is 3.05. The number of phenols is 2. The molecule has 2 N–H and O–H groups in total. The maximum atomic E-state index is 12.2. The van der Waals surface area contributed by atoms with Gasteiger partial charge in [0.05, 0.1) is 5.56 Å². The first-order valence-electron chi connectivity index (χ1n) is 5.34. The molecule has 3 nitrogen and oxygen atoms in total. The molecule has 2 aromatic carbocycles. The normalized spacial score (nSPS) is 13.1. The van der Waals surface area contributed by atoms with Crippen LogP contribution in [0, 0.1) is 0 Å². The van der Waals surface area contributed by atoms with Gasteiger partial charge in [-0.1, -0.05) is 24.3 Å². The lowest BCUT2D eigenvalue weighted by Gasteiger charge is -2.19. The Bertz CT molecular complexity index is 629. The molecule has 17 heavy (non-hydrogen) atoms. The highest BCUT2D eigenvalue weighted by Crippen LogP contribution is 2.35. The molecular weight excluding hydrogens is 216 g/mol. The molecule has 3 rings (SSSR count). The zero-order valence-electron chi connectivity index (χ0n) is 8.97. The smallest absolute Gasteiger partial charge is 0.197 e. The maximum absolute atomic E-state index is 12.2. The SMILES string of the molecule is O=C1c2ccccc2Cc2cc(O)cc(O)c21. The van der Waals surface area contributed by atoms with Gasteiger partial charge in [0.1, 0.15) is 11.5 Å². The second kappa shape index (κ2) is 3.35. The second-order valence-corrected chi connectivity index (χ2v) is 4.16. The maximum Gasteiger partial charge on any atom is 0.197 e. The summed E-state index contributed by atoms with van der Waals surface area (Å²) < 4.78 is 0. The van der Waals surface area contributed by atoms with Crippen molar-refractivity contribution in [2.45, 2.75) is 6.42 Å². The van der Waals surface area contributed by atoms with Crippen LogP contribution in [0.25, 0.3) is 0 Å². The van der Waals surface area contributed by atoms with Gasteiger partial charge in [0.15, 0.2) is 5.78 Å². The minimum absolute atomic E-state index is 0.0200. The van der Waals surface area contributed by atoms with Crippen LogP contribution in [0.2, 0.25) is 0 Å². The highest BCUT2D eigenvalue weighted by Gasteiger charge is 2.26. The first-order chi connectivity index (χ1) is 8.16. The molecule has 3 heteroatoms. The van der Waals surface area contributed by atoms with Crippen molar-refractivity contribution >= 4 is 5.78 Å². The van der Waals surface area contributed by atoms with Crippen LogP contribution < -0.4 is 0 Å². The van der Waals surface area contributed by atoms with Crippen LogP contribution in [0.1, 0.15) is 27.0 Å². The van der Waals surface area contributed by atoms with Crippen molar-refractivity contribution < 1.29 is 15.0 Å². The fourth-order valence-corrected chi connectivity index (χ4v) is 2.31. The number of benzene rings is 2. The molecule has 0 spiro atoms. The van der Waals surface area contributed by atoms with Gasteiger partial charge >= 0.3 is 0 Å². The molecule has 0 unspecified atom stereocenters. The van der Waals surface area contributed by atoms with E-state index in [9.17, 15) is 15.0 Å². The van der Waals surface area contributed by atoms with E-state index in [4.69, 9.17) is 0 Å². The minimum Gasteiger partial charge on any atom is -0.508 e. The second-order valence-electron chi connectivity index (χ2n) is 4.16. The number of fused-ring (bicyclic) bond motifs is 2. The lowest BCUT2D eigenvalue weighted by atomic mass is 9.84. The van der Waals surface area contributed by atoms with Gasteiger partial charge < -0.3 is 10.2 Å². The summed E-state index contributed by atoms with van der Waals surface area (Å²) in [7, 11) is 0. The fourth-order valence-electron chi connectivity index (χ4n) is 2.31. The summed E-state index contributed by atoms with van der Waals surface area (Å²) in [5.41, 5.74) is 2.53. The molecule has 0 heterocycles. The van der Waals surface area contributed by atoms with Gasteiger partial charge in [-0.25, -0.2) is 0 Å². The van der Waals surface area contributed by atoms with Crippen molar-refractivity contribution in [2.75, 3.05) is 0 Å². The minimum atomic E-state index is -0.181. The lowest BCUT2D eigenvalue weighted by molar-refractivity contribution is 0.103. The molecule has 0 amide bonds. The molecule has 0 saturated heterocycles. The summed E-state index contributed by atoms with van der Waals surface area (Å²) in [4.78, 5) is 12.2. The number of hydrogen-bond acceptors (Lipinski definition) is 3. The molecule has 0 bridgehead atoms. The van der Waals surface area contributed by atoms with Crippen LogP contribution >= 0.6 is 0 Å². The zero-order chi connectivity index (χ0) is 12.0. The van der Waals surface area contributed by atoms with Crippen molar-refractivity contribution in [1.29, 1.82) is 0 Å². The Kier molecular flexibility index (Phi) is 1.95. The molecule has 2 aromatic rings. The standard InChI is InChI=1S/C14H10O3/c15-10-6-9-5-8-3-1-2-4-11(8)14(17)13(9)12(16)7-10/h1-4,6-7,15-16H,5H2. The summed E-state index contributed by atoms with van der Waals surface area (Å²) in [5, 5.41) is 19.2. The van der Waals surface area contributed by atoms with Crippen molar-refractivity contribution in [3.63, 3.8) is 0 Å². The lowest BCUT2D eigenvalue weighted by Crippen LogP contribution is -2.14. The molecule has 0 saturated carbocycles. The van der Waals surface area contributed by atoms with E-state index >= 15 is 0 Å². The Hall–Kier alpha value is -2.29. The van der Waals surface area contributed by atoms with Crippen LogP contribution in [-0.4, -0.2) is 16.0 Å². The highest BCUT2D eigenvalue weighted by molar-refractivity contribution is 6.14. The summed E-state index contributed by atoms with van der Waals surface area (Å²) in [6.45, 7) is 0. The Morgan fingerprint density at radius 1 is 1.00 bits per heavy atom. The van der Waals surface area contributed by atoms with E-state index in [1.807, 2.05) is 12.1 Å². The number of ketones is 1. The Balaban J connectivity index is 2.27. The molecule has 84 valence electrons. The van der Waals surface area contributed by atoms with Crippen molar-refractivity contribution in [2.24, 2.45) is 0 Å². The van der Waals surface area contributed by atoms with Crippen LogP contribution in [0.3, 0.4) is 0 Å². The summed E-state index contributed by atoms with van der Waals surface area (Å²) >= 11 is 0. The van der Waals surface area contributed by atoms with Gasteiger partial charge in [-0.15, -0.1) is 0 Å². The predicted octanol–water partition coefficient (Wildman–Crippen LogP) is 2.23. The predicted molar refractivity (Wildman–Crippen MR) is 62.5 cm³/mol. The molecule has 0 atom stereocenters. The van der Waals surface area contributed by atoms with E-state index in [-0.39, 0.29) is 17.3 Å². The van der Waals surface area contributed by atoms with Gasteiger partial charge in [-0.2, -0.15) is 0 Å². The van der Waals surface area contributed by atoms with E-state index < -0.39 is 0 Å². The topological polar surface area (TPSA) is 57.5 Å². The van der Waals surface area contributed by atoms with Gasteiger partial charge in [0.25, 0.3) is 0 Å². The first kappa shape index (κ1) is 9.90. The summed E-state index contributed by atoms with van der Waals surface area (Å²) in [5.74, 6) is -0.354. The summed E-state index contributed by atoms with van der Waals surface area (Å²) in [6.07, 6.45) is 0.555. The Morgan fingerprint density at radius 3 is 2.59 bits per heavy atom. The van der Waals surface area contributed by atoms with E-state index in [1.165, 1.54) is 12.1 Å². The van der Waals surface area contributed by atoms with Crippen LogP contribution in [0.15, 0.2) is 36.4 Å². The van der Waals surface area contributed by atoms with E-state index in [0.717, 1.165) is 5.56 Å². The van der Waals surface area contributed by atoms with E-state index in [1.54, 1.807) is 12.1 Å². The first-order valence-corrected chi connectivity index (χ1v) is 5.34. The van der Waals surface area contributed by atoms with Crippen molar-refractivity contribution in [3.05, 3.63) is 58.7 Å². The van der Waals surface area contributed by atoms with Crippen LogP contribution in [0.4, 0.5) is 0 Å². The molecule has 1 aliphatic carbocycles. The number of phenolic OH excluding ortho intramolecular Hbond substituents is 2. The zero-order valence-corrected chi connectivity index (χ0v) is 8.97. The average molecular weight is 226 g/mol. The van der Waals surface area contributed by atoms with E-state index in [2.05, 4.69) is 0 Å². The Morgan fingerprint density at radius 2 is 1.76 bits per heavy atom. The van der Waals surface area contributed by atoms with Gasteiger partial charge in [-0.05, 0) is 23.6 Å². The number of carbonyl (C=O) groups is 1. The highest BCUT2D eigenvalue weighted by atomic mass is 16.3. The molecule has 0 radical (unpaired) electrons. The molecular formula is C14H10O3. The number of carbonyl (C=O) groups excluding carboxylic acids is 1. The van der Waals surface area contributed by atoms with Gasteiger partial charge in [0.2, 0.25) is 0 Å². The van der Waals surface area contributed by atoms with Crippen molar-refractivity contribution in [1.82, 2.24) is 0 Å². The Labute approximate surface area is 98.0 Å². The average Bonchev–Trinajstić information content (AvgIpc) is 2.28. The summed E-state index contributed by atoms with van der Waals surface area (Å²) in [6, 6.07) is 10.1. The third-order valence-electron chi connectivity index (χ3n) is 3.05. The fraction of sp³-hybridized carbons (Fsp3) is 0.0714. The van der Waals surface area contributed by atoms with Crippen LogP contribution in [-0.2, 0) is 6.42 Å². The quantitative estimate of drug-likeness (QED) is 0.618. The monoisotopic (exact) mass is 226 g/mol. The van der Waals surface area contributed by atoms with Crippen LogP contribution in [0.5, 0.6) is 11.5 Å². The van der Waals surface area contributed by atoms with Gasteiger partial charge in [-0.3, -0.25) is 4.79 Å². The van der Waals surface area contributed by atoms with Crippen molar-refractivity contribution in [3.8, 4) is 11.5 Å². The number of rotatable bonds is 0. The molecule has 0 aliphatic heterocycles. The number of aromatic hydroxyl groups is 2. The third kappa shape index (κ3) is 1.40. The van der Waals surface area contributed by atoms with Gasteiger partial charge in [0, 0.05) is 11.6 Å². The van der Waals surface area contributed by atoms with E-state index in [0.29, 0.717) is 23.1 Å². The molecule has 0 fully saturated rings. The number of hydrogen-bond donors (Lipinski definition) is 2. The largest absolute Gasteiger partial charge is 0.508 e. The molecule has 0 aromatic heterocycles. The molecule has 1 aliphatic rings.